The van der Waals surface area contributed by atoms with Gasteiger partial charge in [-0.15, -0.1) is 11.8 Å². The molecule has 0 heterocycles. The Morgan fingerprint density at radius 1 is 1.19 bits per heavy atom. The molecule has 2 aromatic carbocycles. The fourth-order valence-corrected chi connectivity index (χ4v) is 4.00. The number of carboxylic acids is 1. The molecule has 138 valence electrons. The summed E-state index contributed by atoms with van der Waals surface area (Å²) in [7, 11) is -4.02. The third-order valence-electron chi connectivity index (χ3n) is 3.42. The molecule has 0 aromatic heterocycles. The van der Waals surface area contributed by atoms with Gasteiger partial charge in [-0.25, -0.2) is 8.42 Å². The molecule has 0 saturated carbocycles. The van der Waals surface area contributed by atoms with E-state index >= 15 is 0 Å². The number of sulfonamides is 1. The molecule has 1 N–H and O–H groups in total. The Morgan fingerprint density at radius 3 is 2.31 bits per heavy atom. The van der Waals surface area contributed by atoms with E-state index in [1.165, 1.54) is 36.0 Å². The number of nitrogens with zero attached hydrogens (tertiary/aromatic N) is 1. The highest BCUT2D eigenvalue weighted by Gasteiger charge is 2.27. The summed E-state index contributed by atoms with van der Waals surface area (Å²) in [5, 5.41) is 9.16. The fraction of sp³-hybridized carbons (Fsp3) is 0.167. The van der Waals surface area contributed by atoms with Gasteiger partial charge in [0.2, 0.25) is 0 Å². The van der Waals surface area contributed by atoms with E-state index < -0.39 is 22.5 Å². The van der Waals surface area contributed by atoms with Crippen LogP contribution in [0.2, 0.25) is 0 Å². The zero-order chi connectivity index (χ0) is 19.2. The molecular weight excluding hydrogens is 374 g/mol. The van der Waals surface area contributed by atoms with Crippen LogP contribution in [-0.2, 0) is 14.8 Å². The summed E-state index contributed by atoms with van der Waals surface area (Å²) in [5.74, 6) is -0.716. The Morgan fingerprint density at radius 2 is 1.81 bits per heavy atom. The standard InChI is InChI=1S/C18H19NO5S2/c1-3-12-24-15-6-4-14(5-7-15)19(13-18(20)21)26(22,23)17-10-8-16(25-2)9-11-17/h3-11H,1,12-13H2,2H3,(H,20,21). The highest BCUT2D eigenvalue weighted by atomic mass is 32.2. The number of aliphatic carboxylic acids is 1. The topological polar surface area (TPSA) is 83.9 Å². The number of hydrogen-bond donors (Lipinski definition) is 1. The van der Waals surface area contributed by atoms with Gasteiger partial charge in [0.25, 0.3) is 10.0 Å². The van der Waals surface area contributed by atoms with E-state index in [0.29, 0.717) is 12.4 Å². The van der Waals surface area contributed by atoms with Crippen LogP contribution < -0.4 is 9.04 Å². The minimum atomic E-state index is -4.02. The number of thioether (sulfide) groups is 1. The number of rotatable bonds is 9. The first-order valence-electron chi connectivity index (χ1n) is 7.61. The Labute approximate surface area is 157 Å². The number of carbonyl (C=O) groups is 1. The number of ether oxygens (including phenoxy) is 1. The lowest BCUT2D eigenvalue weighted by Crippen LogP contribution is -2.35. The molecule has 0 aliphatic carbocycles. The molecule has 0 radical (unpaired) electrons. The molecule has 0 bridgehead atoms. The van der Waals surface area contributed by atoms with Crippen LogP contribution in [0, 0.1) is 0 Å². The largest absolute Gasteiger partial charge is 0.490 e. The zero-order valence-corrected chi connectivity index (χ0v) is 15.8. The van der Waals surface area contributed by atoms with Crippen LogP contribution in [-0.4, -0.2) is 38.9 Å². The van der Waals surface area contributed by atoms with Crippen LogP contribution in [0.15, 0.2) is 71.0 Å². The fourth-order valence-electron chi connectivity index (χ4n) is 2.18. The van der Waals surface area contributed by atoms with Crippen molar-refractivity contribution in [2.24, 2.45) is 0 Å². The van der Waals surface area contributed by atoms with Gasteiger partial charge < -0.3 is 9.84 Å². The maximum absolute atomic E-state index is 12.9. The Hall–Kier alpha value is -2.45. The normalized spacial score (nSPS) is 11.0. The van der Waals surface area contributed by atoms with Gasteiger partial charge in [-0.1, -0.05) is 12.7 Å². The third kappa shape index (κ3) is 4.80. The maximum atomic E-state index is 12.9. The molecule has 6 nitrogen and oxygen atoms in total. The molecule has 0 atom stereocenters. The van der Waals surface area contributed by atoms with Crippen molar-refractivity contribution in [1.82, 2.24) is 0 Å². The Balaban J connectivity index is 2.38. The molecule has 2 aromatic rings. The van der Waals surface area contributed by atoms with Crippen molar-refractivity contribution in [3.63, 3.8) is 0 Å². The molecule has 26 heavy (non-hydrogen) atoms. The molecule has 0 aliphatic rings. The van der Waals surface area contributed by atoms with Crippen molar-refractivity contribution in [3.05, 3.63) is 61.2 Å². The molecular formula is C18H19NO5S2. The highest BCUT2D eigenvalue weighted by molar-refractivity contribution is 7.98. The molecule has 0 saturated heterocycles. The molecule has 0 unspecified atom stereocenters. The molecule has 2 rings (SSSR count). The number of anilines is 1. The van der Waals surface area contributed by atoms with Crippen LogP contribution in [0.25, 0.3) is 0 Å². The van der Waals surface area contributed by atoms with E-state index in [0.717, 1.165) is 9.20 Å². The second kappa shape index (κ2) is 8.77. The van der Waals surface area contributed by atoms with Gasteiger partial charge in [0.05, 0.1) is 10.6 Å². The number of benzene rings is 2. The number of carboxylic acid groups (broad SMARTS) is 1. The summed E-state index contributed by atoms with van der Waals surface area (Å²) in [5.41, 5.74) is 0.243. The van der Waals surface area contributed by atoms with Crippen LogP contribution in [0.1, 0.15) is 0 Å². The first kappa shape index (κ1) is 19.9. The van der Waals surface area contributed by atoms with Crippen LogP contribution in [0.3, 0.4) is 0 Å². The van der Waals surface area contributed by atoms with Gasteiger partial charge in [0, 0.05) is 4.90 Å². The summed E-state index contributed by atoms with van der Waals surface area (Å²) in [6.45, 7) is 3.19. The van der Waals surface area contributed by atoms with Gasteiger partial charge in [0.1, 0.15) is 18.9 Å². The lowest BCUT2D eigenvalue weighted by atomic mass is 10.3. The van der Waals surface area contributed by atoms with Crippen molar-refractivity contribution in [2.75, 3.05) is 23.7 Å². The maximum Gasteiger partial charge on any atom is 0.324 e. The summed E-state index contributed by atoms with van der Waals surface area (Å²) >= 11 is 1.49. The smallest absolute Gasteiger partial charge is 0.324 e. The Bertz CT molecular complexity index is 861. The van der Waals surface area contributed by atoms with E-state index in [9.17, 15) is 13.2 Å². The molecule has 0 aliphatic heterocycles. The predicted octanol–water partition coefficient (Wildman–Crippen LogP) is 3.25. The van der Waals surface area contributed by atoms with Crippen molar-refractivity contribution in [1.29, 1.82) is 0 Å². The second-order valence-corrected chi connectivity index (χ2v) is 7.92. The van der Waals surface area contributed by atoms with Gasteiger partial charge in [0.15, 0.2) is 0 Å². The SMILES string of the molecule is C=CCOc1ccc(N(CC(=O)O)S(=O)(=O)c2ccc(SC)cc2)cc1. The lowest BCUT2D eigenvalue weighted by molar-refractivity contribution is -0.135. The molecule has 0 amide bonds. The minimum absolute atomic E-state index is 0.0310. The quantitative estimate of drug-likeness (QED) is 0.520. The number of hydrogen-bond acceptors (Lipinski definition) is 5. The minimum Gasteiger partial charge on any atom is -0.490 e. The lowest BCUT2D eigenvalue weighted by Gasteiger charge is -2.23. The van der Waals surface area contributed by atoms with E-state index in [1.807, 2.05) is 6.26 Å². The summed E-state index contributed by atoms with van der Waals surface area (Å²) < 4.78 is 32.1. The van der Waals surface area contributed by atoms with Crippen LogP contribution >= 0.6 is 11.8 Å². The van der Waals surface area contributed by atoms with E-state index in [1.54, 1.807) is 30.3 Å². The van der Waals surface area contributed by atoms with Gasteiger partial charge in [-0.3, -0.25) is 9.10 Å². The first-order valence-corrected chi connectivity index (χ1v) is 10.3. The van der Waals surface area contributed by atoms with Gasteiger partial charge in [-0.05, 0) is 54.8 Å². The zero-order valence-electron chi connectivity index (χ0n) is 14.2. The monoisotopic (exact) mass is 393 g/mol. The van der Waals surface area contributed by atoms with E-state index in [2.05, 4.69) is 6.58 Å². The summed E-state index contributed by atoms with van der Waals surface area (Å²) in [6, 6.07) is 12.5. The predicted molar refractivity (Wildman–Crippen MR) is 103 cm³/mol. The van der Waals surface area contributed by atoms with Crippen molar-refractivity contribution >= 4 is 33.4 Å². The first-order chi connectivity index (χ1) is 12.4. The average molecular weight is 393 g/mol. The van der Waals surface area contributed by atoms with Gasteiger partial charge in [-0.2, -0.15) is 0 Å². The van der Waals surface area contributed by atoms with Crippen LogP contribution in [0.5, 0.6) is 5.75 Å². The summed E-state index contributed by atoms with van der Waals surface area (Å²) in [6.07, 6.45) is 3.48. The molecule has 8 heteroatoms. The Kier molecular flexibility index (Phi) is 6.70. The highest BCUT2D eigenvalue weighted by Crippen LogP contribution is 2.27. The molecule has 0 spiro atoms. The van der Waals surface area contributed by atoms with Crippen molar-refractivity contribution < 1.29 is 23.1 Å². The molecule has 0 fully saturated rings. The van der Waals surface area contributed by atoms with E-state index in [-0.39, 0.29) is 10.6 Å². The average Bonchev–Trinajstić information content (AvgIpc) is 2.64. The van der Waals surface area contributed by atoms with Crippen LogP contribution in [0.4, 0.5) is 5.69 Å². The van der Waals surface area contributed by atoms with Gasteiger partial charge >= 0.3 is 5.97 Å². The third-order valence-corrected chi connectivity index (χ3v) is 5.95. The second-order valence-electron chi connectivity index (χ2n) is 5.17. The summed E-state index contributed by atoms with van der Waals surface area (Å²) in [4.78, 5) is 12.2. The van der Waals surface area contributed by atoms with E-state index in [4.69, 9.17) is 9.84 Å². The van der Waals surface area contributed by atoms with Crippen molar-refractivity contribution in [3.8, 4) is 5.75 Å². The van der Waals surface area contributed by atoms with Crippen molar-refractivity contribution in [2.45, 2.75) is 9.79 Å².